The molecule has 0 aliphatic rings. The van der Waals surface area contributed by atoms with E-state index in [4.69, 9.17) is 0 Å². The zero-order valence-corrected chi connectivity index (χ0v) is 13.6. The molecule has 2 aromatic rings. The summed E-state index contributed by atoms with van der Waals surface area (Å²) in [5.74, 6) is 0. The van der Waals surface area contributed by atoms with Gasteiger partial charge in [-0.2, -0.15) is 35.5 Å². The van der Waals surface area contributed by atoms with Crippen LogP contribution >= 0.6 is 0 Å². The molecule has 0 heterocycles. The minimum atomic E-state index is -1.04. The Labute approximate surface area is 123 Å². The van der Waals surface area contributed by atoms with Crippen LogP contribution in [0.15, 0.2) is 54.6 Å². The summed E-state index contributed by atoms with van der Waals surface area (Å²) in [5.41, 5.74) is 0. The summed E-state index contributed by atoms with van der Waals surface area (Å²) in [5, 5.41) is 1.66. The van der Waals surface area contributed by atoms with E-state index in [2.05, 4.69) is 45.0 Å². The molecule has 18 heavy (non-hydrogen) atoms. The van der Waals surface area contributed by atoms with Crippen LogP contribution < -0.4 is 5.19 Å². The molecule has 0 unspecified atom stereocenters. The molecule has 0 aromatic heterocycles. The average Bonchev–Trinajstić information content (AvgIpc) is 3.08. The van der Waals surface area contributed by atoms with Gasteiger partial charge in [-0.3, -0.25) is 0 Å². The van der Waals surface area contributed by atoms with E-state index in [1.165, 1.54) is 18.1 Å². The number of hydrogen-bond acceptors (Lipinski definition) is 0. The summed E-state index contributed by atoms with van der Waals surface area (Å²) in [6.45, 7) is 7.06. The third-order valence-electron chi connectivity index (χ3n) is 3.86. The molecule has 0 amide bonds. The van der Waals surface area contributed by atoms with Crippen molar-refractivity contribution in [3.05, 3.63) is 54.6 Å². The summed E-state index contributed by atoms with van der Waals surface area (Å²) in [7, 11) is -1.04. The van der Waals surface area contributed by atoms with Crippen LogP contribution in [0.2, 0.25) is 18.1 Å². The van der Waals surface area contributed by atoms with Gasteiger partial charge < -0.3 is 0 Å². The van der Waals surface area contributed by atoms with Crippen LogP contribution in [0.4, 0.5) is 0 Å². The quantitative estimate of drug-likeness (QED) is 0.575. The molecule has 0 spiro atoms. The Hall–Kier alpha value is -0.590. The maximum atomic E-state index is 2.35. The number of hydrogen-bond donors (Lipinski definition) is 0. The molecule has 0 nitrogen and oxygen atoms in total. The molecular formula is C16H24NiSi. The fourth-order valence-corrected chi connectivity index (χ4v) is 6.03. The van der Waals surface area contributed by atoms with Crippen molar-refractivity contribution in [1.29, 1.82) is 0 Å². The van der Waals surface area contributed by atoms with E-state index in [9.17, 15) is 0 Å². The standard InChI is InChI=1S/C11H19Si.C5H5.Ni/c1-4-12(5-2,6-3)11-9-7-8-10-11;1-2-4-5-3-1;/h7-10H,4-6H2,1-3H3;1-5H;/q2*-1;+2. The molecule has 102 valence electrons. The molecule has 2 aromatic carbocycles. The second-order valence-corrected chi connectivity index (χ2v) is 9.74. The Morgan fingerprint density at radius 2 is 1.28 bits per heavy atom. The van der Waals surface area contributed by atoms with Crippen LogP contribution in [0.1, 0.15) is 20.8 Å². The van der Waals surface area contributed by atoms with E-state index in [1.807, 2.05) is 30.3 Å². The van der Waals surface area contributed by atoms with Crippen molar-refractivity contribution in [3.63, 3.8) is 0 Å². The van der Waals surface area contributed by atoms with Crippen molar-refractivity contribution in [1.82, 2.24) is 0 Å². The molecular weight excluding hydrogens is 279 g/mol. The van der Waals surface area contributed by atoms with E-state index in [0.717, 1.165) is 0 Å². The Balaban J connectivity index is 0.000000405. The fourth-order valence-electron chi connectivity index (χ4n) is 2.41. The molecule has 2 rings (SSSR count). The normalized spacial score (nSPS) is 10.2. The van der Waals surface area contributed by atoms with Crippen LogP contribution in [0.3, 0.4) is 0 Å². The molecule has 0 radical (unpaired) electrons. The first-order valence-electron chi connectivity index (χ1n) is 6.68. The topological polar surface area (TPSA) is 0 Å². The van der Waals surface area contributed by atoms with Gasteiger partial charge in [-0.15, -0.1) is 0 Å². The molecule has 0 saturated heterocycles. The van der Waals surface area contributed by atoms with Crippen molar-refractivity contribution < 1.29 is 16.5 Å². The van der Waals surface area contributed by atoms with Gasteiger partial charge in [0, 0.05) is 8.07 Å². The second kappa shape index (κ2) is 9.35. The molecule has 2 heteroatoms. The van der Waals surface area contributed by atoms with Gasteiger partial charge in [-0.05, 0) is 0 Å². The van der Waals surface area contributed by atoms with Crippen molar-refractivity contribution in [3.8, 4) is 0 Å². The van der Waals surface area contributed by atoms with Gasteiger partial charge in [-0.1, -0.05) is 38.9 Å². The molecule has 0 fully saturated rings. The van der Waals surface area contributed by atoms with Crippen LogP contribution in [0.5, 0.6) is 0 Å². The van der Waals surface area contributed by atoms with Crippen LogP contribution in [0.25, 0.3) is 0 Å². The molecule has 0 aliphatic carbocycles. The first kappa shape index (κ1) is 17.4. The molecule has 0 aliphatic heterocycles. The SMILES string of the molecule is CC[Si](CC)(CC)[c-]1cccc1.[Ni+2].c1cc[cH-]c1. The Kier molecular flexibility index (Phi) is 9.05. The van der Waals surface area contributed by atoms with Crippen molar-refractivity contribution in [2.75, 3.05) is 0 Å². The third kappa shape index (κ3) is 4.59. The van der Waals surface area contributed by atoms with Gasteiger partial charge in [0.05, 0.1) is 0 Å². The van der Waals surface area contributed by atoms with E-state index < -0.39 is 8.07 Å². The summed E-state index contributed by atoms with van der Waals surface area (Å²) in [6, 6.07) is 23.2. The number of rotatable bonds is 4. The van der Waals surface area contributed by atoms with Crippen molar-refractivity contribution >= 4 is 13.3 Å². The minimum absolute atomic E-state index is 0. The van der Waals surface area contributed by atoms with E-state index in [1.54, 1.807) is 5.19 Å². The Morgan fingerprint density at radius 3 is 1.56 bits per heavy atom. The zero-order chi connectivity index (χ0) is 12.6. The summed E-state index contributed by atoms with van der Waals surface area (Å²) >= 11 is 0. The van der Waals surface area contributed by atoms with Gasteiger partial charge in [0.1, 0.15) is 0 Å². The van der Waals surface area contributed by atoms with Crippen LogP contribution in [-0.4, -0.2) is 8.07 Å². The largest absolute Gasteiger partial charge is 2.00 e. The minimum Gasteiger partial charge on any atom is -0.214 e. The average molecular weight is 303 g/mol. The molecule has 0 N–H and O–H groups in total. The first-order valence-corrected chi connectivity index (χ1v) is 9.30. The van der Waals surface area contributed by atoms with Crippen molar-refractivity contribution in [2.45, 2.75) is 38.9 Å². The fraction of sp³-hybridized carbons (Fsp3) is 0.375. The van der Waals surface area contributed by atoms with Gasteiger partial charge in [0.2, 0.25) is 0 Å². The summed E-state index contributed by atoms with van der Waals surface area (Å²) in [6.07, 6.45) is 0. The predicted molar refractivity (Wildman–Crippen MR) is 80.9 cm³/mol. The zero-order valence-electron chi connectivity index (χ0n) is 11.6. The van der Waals surface area contributed by atoms with Gasteiger partial charge in [-0.25, -0.2) is 24.3 Å². The third-order valence-corrected chi connectivity index (χ3v) is 9.48. The van der Waals surface area contributed by atoms with E-state index in [-0.39, 0.29) is 16.5 Å². The monoisotopic (exact) mass is 302 g/mol. The Bertz CT molecular complexity index is 332. The first-order chi connectivity index (χ1) is 8.29. The van der Waals surface area contributed by atoms with Crippen molar-refractivity contribution in [2.24, 2.45) is 0 Å². The molecule has 0 atom stereocenters. The molecule has 0 bridgehead atoms. The summed E-state index contributed by atoms with van der Waals surface area (Å²) < 4.78 is 0. The van der Waals surface area contributed by atoms with E-state index in [0.29, 0.717) is 0 Å². The van der Waals surface area contributed by atoms with Gasteiger partial charge in [0.15, 0.2) is 0 Å². The summed E-state index contributed by atoms with van der Waals surface area (Å²) in [4.78, 5) is 0. The maximum Gasteiger partial charge on any atom is 2.00 e. The smallest absolute Gasteiger partial charge is 0.214 e. The molecule has 0 saturated carbocycles. The Morgan fingerprint density at radius 1 is 0.833 bits per heavy atom. The van der Waals surface area contributed by atoms with Gasteiger partial charge >= 0.3 is 16.5 Å². The maximum absolute atomic E-state index is 2.35. The predicted octanol–water partition coefficient (Wildman–Crippen LogP) is 4.52. The second-order valence-electron chi connectivity index (χ2n) is 4.48. The van der Waals surface area contributed by atoms with Crippen LogP contribution in [0, 0.1) is 0 Å². The van der Waals surface area contributed by atoms with Gasteiger partial charge in [0.25, 0.3) is 0 Å². The van der Waals surface area contributed by atoms with E-state index >= 15 is 0 Å². The van der Waals surface area contributed by atoms with Crippen LogP contribution in [-0.2, 0) is 16.5 Å².